The average Bonchev–Trinajstić information content (AvgIpc) is 3.09. The van der Waals surface area contributed by atoms with Gasteiger partial charge in [-0.15, -0.1) is 0 Å². The minimum atomic E-state index is -0.580. The lowest BCUT2D eigenvalue weighted by Crippen LogP contribution is -2.35. The van der Waals surface area contributed by atoms with E-state index in [2.05, 4.69) is 10.6 Å². The predicted octanol–water partition coefficient (Wildman–Crippen LogP) is 2.69. The van der Waals surface area contributed by atoms with Crippen molar-refractivity contribution in [3.05, 3.63) is 70.0 Å². The van der Waals surface area contributed by atoms with Gasteiger partial charge in [0.25, 0.3) is 0 Å². The number of nitriles is 1. The molecule has 26 heavy (non-hydrogen) atoms. The largest absolute Gasteiger partial charge is 0.355 e. The van der Waals surface area contributed by atoms with E-state index in [4.69, 9.17) is 16.9 Å². The summed E-state index contributed by atoms with van der Waals surface area (Å²) in [4.78, 5) is 23.9. The third-order valence-corrected chi connectivity index (χ3v) is 4.57. The second-order valence-electron chi connectivity index (χ2n) is 6.05. The zero-order valence-electron chi connectivity index (χ0n) is 13.6. The molecule has 5 nitrogen and oxygen atoms in total. The van der Waals surface area contributed by atoms with Gasteiger partial charge in [0.15, 0.2) is 0 Å². The van der Waals surface area contributed by atoms with E-state index in [-0.39, 0.29) is 29.8 Å². The zero-order valence-corrected chi connectivity index (χ0v) is 14.4. The molecule has 0 aromatic heterocycles. The zero-order chi connectivity index (χ0) is 18.7. The Morgan fingerprint density at radius 2 is 1.96 bits per heavy atom. The van der Waals surface area contributed by atoms with Gasteiger partial charge >= 0.3 is 0 Å². The van der Waals surface area contributed by atoms with Crippen LogP contribution in [0.2, 0.25) is 5.02 Å². The van der Waals surface area contributed by atoms with Gasteiger partial charge in [0, 0.05) is 13.0 Å². The summed E-state index contributed by atoms with van der Waals surface area (Å²) in [7, 11) is 0. The van der Waals surface area contributed by atoms with Gasteiger partial charge in [0.2, 0.25) is 11.8 Å². The third-order valence-electron chi connectivity index (χ3n) is 4.28. The molecule has 2 aromatic rings. The Hall–Kier alpha value is -2.91. The molecule has 1 aliphatic heterocycles. The maximum absolute atomic E-state index is 13.5. The van der Waals surface area contributed by atoms with Gasteiger partial charge in [-0.1, -0.05) is 29.8 Å². The number of rotatable bonds is 4. The maximum atomic E-state index is 13.5. The molecule has 1 unspecified atom stereocenters. The third kappa shape index (κ3) is 3.84. The topological polar surface area (TPSA) is 82.0 Å². The molecule has 0 radical (unpaired) electrons. The Bertz CT molecular complexity index is 893. The van der Waals surface area contributed by atoms with E-state index in [1.54, 1.807) is 30.3 Å². The number of halogens is 2. The minimum Gasteiger partial charge on any atom is -0.355 e. The molecule has 1 aliphatic rings. The van der Waals surface area contributed by atoms with Crippen molar-refractivity contribution in [3.8, 4) is 6.07 Å². The molecular formula is C19H15ClFN3O2. The first-order valence-electron chi connectivity index (χ1n) is 8.00. The molecule has 0 saturated carbocycles. The molecule has 2 atom stereocenters. The van der Waals surface area contributed by atoms with Gasteiger partial charge in [-0.3, -0.25) is 9.59 Å². The number of nitrogens with one attached hydrogen (secondary N) is 2. The molecule has 2 N–H and O–H groups in total. The van der Waals surface area contributed by atoms with Crippen molar-refractivity contribution < 1.29 is 14.0 Å². The lowest BCUT2D eigenvalue weighted by atomic mass is 9.96. The molecule has 3 rings (SSSR count). The van der Waals surface area contributed by atoms with Gasteiger partial charge in [0.1, 0.15) is 5.82 Å². The first-order valence-corrected chi connectivity index (χ1v) is 8.38. The number of nitrogens with zero attached hydrogens (tertiary/aromatic N) is 1. The summed E-state index contributed by atoms with van der Waals surface area (Å²) in [5, 5.41) is 14.4. The number of hydrogen-bond donors (Lipinski definition) is 2. The highest BCUT2D eigenvalue weighted by molar-refractivity contribution is 6.30. The molecule has 132 valence electrons. The summed E-state index contributed by atoms with van der Waals surface area (Å²) < 4.78 is 13.5. The Morgan fingerprint density at radius 3 is 2.54 bits per heavy atom. The van der Waals surface area contributed by atoms with E-state index < -0.39 is 17.8 Å². The SMILES string of the molecule is N#Cc1ccc([C@H](NC(=O)C2CNC(=O)C2)c2ccc(F)c(Cl)c2)cc1. The van der Waals surface area contributed by atoms with Crippen molar-refractivity contribution in [1.82, 2.24) is 10.6 Å². The van der Waals surface area contributed by atoms with Gasteiger partial charge in [-0.25, -0.2) is 4.39 Å². The monoisotopic (exact) mass is 371 g/mol. The molecule has 0 spiro atoms. The summed E-state index contributed by atoms with van der Waals surface area (Å²) in [5.41, 5.74) is 1.81. The second kappa shape index (κ2) is 7.54. The average molecular weight is 372 g/mol. The highest BCUT2D eigenvalue weighted by Crippen LogP contribution is 2.27. The fourth-order valence-corrected chi connectivity index (χ4v) is 3.04. The van der Waals surface area contributed by atoms with Crippen molar-refractivity contribution >= 4 is 23.4 Å². The number of carbonyl (C=O) groups excluding carboxylic acids is 2. The van der Waals surface area contributed by atoms with Crippen LogP contribution in [0, 0.1) is 23.1 Å². The summed E-state index contributed by atoms with van der Waals surface area (Å²) in [6.07, 6.45) is 0.135. The Labute approximate surface area is 154 Å². The predicted molar refractivity (Wildman–Crippen MR) is 93.7 cm³/mol. The quantitative estimate of drug-likeness (QED) is 0.866. The lowest BCUT2D eigenvalue weighted by Gasteiger charge is -2.22. The fourth-order valence-electron chi connectivity index (χ4n) is 2.85. The first-order chi connectivity index (χ1) is 12.5. The van der Waals surface area contributed by atoms with Crippen molar-refractivity contribution in [2.45, 2.75) is 12.5 Å². The standard InChI is InChI=1S/C19H15ClFN3O2/c20-15-7-13(5-6-16(15)21)18(12-3-1-11(9-22)2-4-12)24-19(26)14-8-17(25)23-10-14/h1-7,14,18H,8,10H2,(H,23,25)(H,24,26)/t14?,18-/m0/s1. The smallest absolute Gasteiger partial charge is 0.226 e. The molecule has 2 aromatic carbocycles. The Balaban J connectivity index is 1.92. The van der Waals surface area contributed by atoms with Gasteiger partial charge in [-0.05, 0) is 35.4 Å². The summed E-state index contributed by atoms with van der Waals surface area (Å²) >= 11 is 5.89. The molecule has 0 aliphatic carbocycles. The summed E-state index contributed by atoms with van der Waals surface area (Å²) in [5.74, 6) is -1.45. The van der Waals surface area contributed by atoms with E-state index in [1.807, 2.05) is 6.07 Å². The number of carbonyl (C=O) groups is 2. The van der Waals surface area contributed by atoms with Gasteiger partial charge in [0.05, 0.1) is 28.6 Å². The second-order valence-corrected chi connectivity index (χ2v) is 6.46. The first kappa shape index (κ1) is 17.9. The van der Waals surface area contributed by atoms with Crippen LogP contribution < -0.4 is 10.6 Å². The fraction of sp³-hybridized carbons (Fsp3) is 0.211. The molecule has 0 bridgehead atoms. The van der Waals surface area contributed by atoms with Crippen molar-refractivity contribution in [3.63, 3.8) is 0 Å². The van der Waals surface area contributed by atoms with Crippen LogP contribution >= 0.6 is 11.6 Å². The summed E-state index contributed by atoms with van der Waals surface area (Å²) in [6.45, 7) is 0.287. The highest BCUT2D eigenvalue weighted by Gasteiger charge is 2.30. The molecule has 1 fully saturated rings. The normalized spacial score (nSPS) is 17.3. The maximum Gasteiger partial charge on any atom is 0.226 e. The molecule has 2 amide bonds. The van der Waals surface area contributed by atoms with Gasteiger partial charge in [-0.2, -0.15) is 5.26 Å². The molecular weight excluding hydrogens is 357 g/mol. The van der Waals surface area contributed by atoms with Crippen LogP contribution in [0.25, 0.3) is 0 Å². The van der Waals surface area contributed by atoms with E-state index >= 15 is 0 Å². The lowest BCUT2D eigenvalue weighted by molar-refractivity contribution is -0.126. The number of amides is 2. The van der Waals surface area contributed by atoms with Crippen LogP contribution in [0.1, 0.15) is 29.2 Å². The molecule has 1 saturated heterocycles. The van der Waals surface area contributed by atoms with Crippen molar-refractivity contribution in [2.75, 3.05) is 6.54 Å². The van der Waals surface area contributed by atoms with E-state index in [1.165, 1.54) is 12.1 Å². The van der Waals surface area contributed by atoms with Crippen LogP contribution in [0.15, 0.2) is 42.5 Å². The minimum absolute atomic E-state index is 0.0481. The van der Waals surface area contributed by atoms with E-state index in [9.17, 15) is 14.0 Å². The molecule has 7 heteroatoms. The molecule has 1 heterocycles. The summed E-state index contributed by atoms with van der Waals surface area (Å²) in [6, 6.07) is 12.4. The van der Waals surface area contributed by atoms with Crippen LogP contribution in [0.4, 0.5) is 4.39 Å². The van der Waals surface area contributed by atoms with Crippen molar-refractivity contribution in [2.24, 2.45) is 5.92 Å². The van der Waals surface area contributed by atoms with E-state index in [0.717, 1.165) is 5.56 Å². The van der Waals surface area contributed by atoms with Crippen molar-refractivity contribution in [1.29, 1.82) is 5.26 Å². The van der Waals surface area contributed by atoms with Crippen LogP contribution in [-0.4, -0.2) is 18.4 Å². The van der Waals surface area contributed by atoms with E-state index in [0.29, 0.717) is 11.1 Å². The van der Waals surface area contributed by atoms with Crippen LogP contribution in [0.3, 0.4) is 0 Å². The Morgan fingerprint density at radius 1 is 1.27 bits per heavy atom. The number of benzene rings is 2. The van der Waals surface area contributed by atoms with Crippen LogP contribution in [-0.2, 0) is 9.59 Å². The highest BCUT2D eigenvalue weighted by atomic mass is 35.5. The number of hydrogen-bond acceptors (Lipinski definition) is 3. The van der Waals surface area contributed by atoms with Crippen LogP contribution in [0.5, 0.6) is 0 Å². The Kier molecular flexibility index (Phi) is 5.19. The van der Waals surface area contributed by atoms with Gasteiger partial charge < -0.3 is 10.6 Å².